The summed E-state index contributed by atoms with van der Waals surface area (Å²) in [5.41, 5.74) is 7.37. The van der Waals surface area contributed by atoms with Crippen molar-refractivity contribution < 1.29 is 14.6 Å². The summed E-state index contributed by atoms with van der Waals surface area (Å²) in [7, 11) is 1.70. The van der Waals surface area contributed by atoms with E-state index in [1.54, 1.807) is 18.2 Å². The van der Waals surface area contributed by atoms with Crippen molar-refractivity contribution in [3.63, 3.8) is 0 Å². The standard InChI is InChI=1S/C28H38N2O3/c1-32-24-12-10-22(11-13-24)30-16-14-29(15-17-30)19-23(31)20-33-28-18-21-6-2-3-7-25(21)26-8-4-5-9-27(26)28/h10-13,18,23,31H,2-9,14-17,19-20H2,1H3. The molecule has 5 rings (SSSR count). The number of fused-ring (bicyclic) bond motifs is 3. The van der Waals surface area contributed by atoms with Gasteiger partial charge in [0.2, 0.25) is 0 Å². The van der Waals surface area contributed by atoms with Gasteiger partial charge in [-0.05, 0) is 104 Å². The zero-order chi connectivity index (χ0) is 22.6. The van der Waals surface area contributed by atoms with Gasteiger partial charge in [-0.2, -0.15) is 0 Å². The number of aliphatic hydroxyl groups excluding tert-OH is 1. The number of aliphatic hydroxyl groups is 1. The first kappa shape index (κ1) is 22.5. The molecule has 33 heavy (non-hydrogen) atoms. The fraction of sp³-hybridized carbons (Fsp3) is 0.571. The number of benzene rings is 2. The Morgan fingerprint density at radius 1 is 0.848 bits per heavy atom. The highest BCUT2D eigenvalue weighted by molar-refractivity contribution is 5.52. The maximum absolute atomic E-state index is 10.8. The Balaban J connectivity index is 1.14. The van der Waals surface area contributed by atoms with Crippen LogP contribution >= 0.6 is 0 Å². The Labute approximate surface area is 198 Å². The third-order valence-electron chi connectivity index (χ3n) is 7.66. The Hall–Kier alpha value is -2.24. The van der Waals surface area contributed by atoms with E-state index in [9.17, 15) is 5.11 Å². The van der Waals surface area contributed by atoms with Gasteiger partial charge in [-0.1, -0.05) is 0 Å². The highest BCUT2D eigenvalue weighted by Gasteiger charge is 2.24. The van der Waals surface area contributed by atoms with Crippen molar-refractivity contribution in [1.82, 2.24) is 4.90 Å². The number of anilines is 1. The summed E-state index contributed by atoms with van der Waals surface area (Å²) in [5, 5.41) is 10.8. The summed E-state index contributed by atoms with van der Waals surface area (Å²) in [6.07, 6.45) is 9.45. The smallest absolute Gasteiger partial charge is 0.123 e. The second-order valence-electron chi connectivity index (χ2n) is 9.83. The second kappa shape index (κ2) is 10.4. The maximum atomic E-state index is 10.8. The molecule has 2 aromatic rings. The fourth-order valence-corrected chi connectivity index (χ4v) is 5.84. The van der Waals surface area contributed by atoms with Crippen molar-refractivity contribution in [2.75, 3.05) is 51.3 Å². The van der Waals surface area contributed by atoms with E-state index in [0.717, 1.165) is 44.1 Å². The molecule has 3 aliphatic rings. The lowest BCUT2D eigenvalue weighted by atomic mass is 9.80. The first-order valence-corrected chi connectivity index (χ1v) is 12.8. The van der Waals surface area contributed by atoms with Crippen molar-refractivity contribution in [2.45, 2.75) is 57.5 Å². The molecule has 1 atom stereocenters. The molecular weight excluding hydrogens is 412 g/mol. The van der Waals surface area contributed by atoms with Gasteiger partial charge in [0, 0.05) is 38.4 Å². The normalized spacial score (nSPS) is 19.5. The lowest BCUT2D eigenvalue weighted by Gasteiger charge is -2.37. The number of β-amino-alcohol motifs (C(OH)–C–C–N with tert-alkyl or cyclic N) is 1. The minimum atomic E-state index is -0.465. The zero-order valence-corrected chi connectivity index (χ0v) is 20.0. The monoisotopic (exact) mass is 450 g/mol. The molecule has 1 fully saturated rings. The van der Waals surface area contributed by atoms with E-state index >= 15 is 0 Å². The number of hydrogen-bond acceptors (Lipinski definition) is 5. The molecule has 1 aliphatic heterocycles. The van der Waals surface area contributed by atoms with Crippen molar-refractivity contribution in [3.8, 4) is 11.5 Å². The summed E-state index contributed by atoms with van der Waals surface area (Å²) in [5.74, 6) is 1.94. The first-order valence-electron chi connectivity index (χ1n) is 12.8. The molecule has 1 unspecified atom stereocenters. The van der Waals surface area contributed by atoms with Gasteiger partial charge in [-0.15, -0.1) is 0 Å². The largest absolute Gasteiger partial charge is 0.497 e. The lowest BCUT2D eigenvalue weighted by Crippen LogP contribution is -2.49. The van der Waals surface area contributed by atoms with Crippen molar-refractivity contribution in [1.29, 1.82) is 0 Å². The minimum Gasteiger partial charge on any atom is -0.497 e. The second-order valence-corrected chi connectivity index (χ2v) is 9.83. The summed E-state index contributed by atoms with van der Waals surface area (Å²) in [6.45, 7) is 4.90. The summed E-state index contributed by atoms with van der Waals surface area (Å²) < 4.78 is 11.6. The van der Waals surface area contributed by atoms with E-state index in [2.05, 4.69) is 28.0 Å². The molecular formula is C28H38N2O3. The van der Waals surface area contributed by atoms with Crippen LogP contribution in [-0.2, 0) is 25.7 Å². The van der Waals surface area contributed by atoms with Gasteiger partial charge in [0.1, 0.15) is 24.2 Å². The molecule has 5 heteroatoms. The predicted molar refractivity (Wildman–Crippen MR) is 133 cm³/mol. The third kappa shape index (κ3) is 5.15. The molecule has 0 aromatic heterocycles. The molecule has 0 saturated carbocycles. The predicted octanol–water partition coefficient (Wildman–Crippen LogP) is 4.01. The minimum absolute atomic E-state index is 0.379. The van der Waals surface area contributed by atoms with Crippen LogP contribution in [0.2, 0.25) is 0 Å². The molecule has 1 heterocycles. The van der Waals surface area contributed by atoms with Crippen LogP contribution in [0.4, 0.5) is 5.69 Å². The molecule has 2 aromatic carbocycles. The Morgan fingerprint density at radius 3 is 2.24 bits per heavy atom. The molecule has 0 radical (unpaired) electrons. The van der Waals surface area contributed by atoms with Gasteiger partial charge >= 0.3 is 0 Å². The topological polar surface area (TPSA) is 45.2 Å². The highest BCUT2D eigenvalue weighted by Crippen LogP contribution is 2.38. The lowest BCUT2D eigenvalue weighted by molar-refractivity contribution is 0.0658. The number of nitrogens with zero attached hydrogens (tertiary/aromatic N) is 2. The van der Waals surface area contributed by atoms with E-state index in [-0.39, 0.29) is 0 Å². The average molecular weight is 451 g/mol. The molecule has 5 nitrogen and oxygen atoms in total. The molecule has 178 valence electrons. The van der Waals surface area contributed by atoms with Crippen molar-refractivity contribution in [3.05, 3.63) is 52.6 Å². The van der Waals surface area contributed by atoms with Crippen LogP contribution in [0.15, 0.2) is 30.3 Å². The number of ether oxygens (including phenoxy) is 2. The summed E-state index contributed by atoms with van der Waals surface area (Å²) in [4.78, 5) is 4.76. The zero-order valence-electron chi connectivity index (χ0n) is 20.0. The van der Waals surface area contributed by atoms with Crippen LogP contribution in [-0.4, -0.2) is 62.6 Å². The molecule has 0 amide bonds. The van der Waals surface area contributed by atoms with Gasteiger partial charge in [-0.25, -0.2) is 0 Å². The number of aryl methyl sites for hydroxylation is 1. The fourth-order valence-electron chi connectivity index (χ4n) is 5.84. The van der Waals surface area contributed by atoms with Crippen LogP contribution in [0.25, 0.3) is 0 Å². The van der Waals surface area contributed by atoms with E-state index < -0.39 is 6.10 Å². The first-order chi connectivity index (χ1) is 16.2. The number of methoxy groups -OCH3 is 1. The van der Waals surface area contributed by atoms with E-state index in [1.165, 1.54) is 61.8 Å². The van der Waals surface area contributed by atoms with Gasteiger partial charge in [0.25, 0.3) is 0 Å². The van der Waals surface area contributed by atoms with Gasteiger partial charge in [-0.3, -0.25) is 4.90 Å². The number of hydrogen-bond donors (Lipinski definition) is 1. The SMILES string of the molecule is COc1ccc(N2CCN(CC(O)COc3cc4c(c5c3CCCC5)CCCC4)CC2)cc1. The van der Waals surface area contributed by atoms with Crippen LogP contribution in [0.1, 0.15) is 47.9 Å². The number of piperazine rings is 1. The van der Waals surface area contributed by atoms with E-state index in [0.29, 0.717) is 13.2 Å². The molecule has 0 spiro atoms. The molecule has 1 N–H and O–H groups in total. The highest BCUT2D eigenvalue weighted by atomic mass is 16.5. The summed E-state index contributed by atoms with van der Waals surface area (Å²) >= 11 is 0. The molecule has 0 bridgehead atoms. The quantitative estimate of drug-likeness (QED) is 0.691. The van der Waals surface area contributed by atoms with Crippen LogP contribution < -0.4 is 14.4 Å². The van der Waals surface area contributed by atoms with Crippen LogP contribution in [0.5, 0.6) is 11.5 Å². The van der Waals surface area contributed by atoms with Gasteiger partial charge in [0.15, 0.2) is 0 Å². The third-order valence-corrected chi connectivity index (χ3v) is 7.66. The van der Waals surface area contributed by atoms with E-state index in [4.69, 9.17) is 9.47 Å². The van der Waals surface area contributed by atoms with Gasteiger partial charge in [0.05, 0.1) is 7.11 Å². The van der Waals surface area contributed by atoms with Gasteiger partial charge < -0.3 is 19.5 Å². The average Bonchev–Trinajstić information content (AvgIpc) is 2.88. The van der Waals surface area contributed by atoms with Crippen molar-refractivity contribution >= 4 is 5.69 Å². The summed E-state index contributed by atoms with van der Waals surface area (Å²) in [6, 6.07) is 10.6. The van der Waals surface area contributed by atoms with Crippen molar-refractivity contribution in [2.24, 2.45) is 0 Å². The van der Waals surface area contributed by atoms with Crippen LogP contribution in [0, 0.1) is 0 Å². The molecule has 2 aliphatic carbocycles. The molecule has 1 saturated heterocycles. The van der Waals surface area contributed by atoms with Crippen LogP contribution in [0.3, 0.4) is 0 Å². The number of rotatable bonds is 7. The Morgan fingerprint density at radius 2 is 1.52 bits per heavy atom. The Kier molecular flexibility index (Phi) is 7.07. The Bertz CT molecular complexity index is 935. The van der Waals surface area contributed by atoms with E-state index in [1.807, 2.05) is 12.1 Å². The maximum Gasteiger partial charge on any atom is 0.123 e.